The number of nitrogens with two attached hydrogens (primary N) is 1. The lowest BCUT2D eigenvalue weighted by Gasteiger charge is -2.26. The van der Waals surface area contributed by atoms with Gasteiger partial charge in [0.15, 0.2) is 5.13 Å². The van der Waals surface area contributed by atoms with Crippen molar-refractivity contribution in [2.45, 2.75) is 19.9 Å². The highest BCUT2D eigenvalue weighted by Crippen LogP contribution is 2.29. The SMILES string of the molecule is C=CCN(C(=O)c1sc(N2CCNCC2)nc1N)C(C)C. The van der Waals surface area contributed by atoms with Crippen molar-refractivity contribution in [3.8, 4) is 0 Å². The van der Waals surface area contributed by atoms with Crippen molar-refractivity contribution < 1.29 is 4.79 Å². The molecule has 0 aromatic carbocycles. The Morgan fingerprint density at radius 2 is 2.24 bits per heavy atom. The molecular weight excluding hydrogens is 286 g/mol. The summed E-state index contributed by atoms with van der Waals surface area (Å²) in [6.45, 7) is 11.8. The fourth-order valence-corrected chi connectivity index (χ4v) is 3.26. The molecule has 0 atom stereocenters. The number of carbonyl (C=O) groups excluding carboxylic acids is 1. The minimum atomic E-state index is -0.0683. The molecule has 3 N–H and O–H groups in total. The van der Waals surface area contributed by atoms with Crippen molar-refractivity contribution in [1.29, 1.82) is 0 Å². The first-order valence-electron chi connectivity index (χ1n) is 7.18. The van der Waals surface area contributed by atoms with Crippen molar-refractivity contribution in [1.82, 2.24) is 15.2 Å². The minimum Gasteiger partial charge on any atom is -0.382 e. The van der Waals surface area contributed by atoms with Gasteiger partial charge in [-0.15, -0.1) is 6.58 Å². The maximum atomic E-state index is 12.6. The van der Waals surface area contributed by atoms with Crippen LogP contribution in [0, 0.1) is 0 Å². The molecule has 1 fully saturated rings. The maximum absolute atomic E-state index is 12.6. The van der Waals surface area contributed by atoms with Gasteiger partial charge >= 0.3 is 0 Å². The van der Waals surface area contributed by atoms with Crippen LogP contribution >= 0.6 is 11.3 Å². The van der Waals surface area contributed by atoms with Crippen LogP contribution in [0.25, 0.3) is 0 Å². The van der Waals surface area contributed by atoms with Crippen LogP contribution in [-0.2, 0) is 0 Å². The summed E-state index contributed by atoms with van der Waals surface area (Å²) in [6.07, 6.45) is 1.73. The molecule has 0 saturated carbocycles. The Labute approximate surface area is 129 Å². The van der Waals surface area contributed by atoms with Gasteiger partial charge in [0.2, 0.25) is 0 Å². The topological polar surface area (TPSA) is 74.5 Å². The Morgan fingerprint density at radius 1 is 1.57 bits per heavy atom. The standard InChI is InChI=1S/C14H23N5OS/c1-4-7-19(10(2)3)13(20)11-12(15)17-14(21-11)18-8-5-16-6-9-18/h4,10,16H,1,5-9,15H2,2-3H3. The van der Waals surface area contributed by atoms with Gasteiger partial charge in [-0.2, -0.15) is 0 Å². The summed E-state index contributed by atoms with van der Waals surface area (Å²) in [5, 5.41) is 4.13. The smallest absolute Gasteiger partial charge is 0.268 e. The number of anilines is 2. The predicted molar refractivity (Wildman–Crippen MR) is 88.0 cm³/mol. The van der Waals surface area contributed by atoms with Crippen LogP contribution in [-0.4, -0.2) is 54.6 Å². The van der Waals surface area contributed by atoms with Gasteiger partial charge in [0.05, 0.1) is 0 Å². The number of nitrogens with zero attached hydrogens (tertiary/aromatic N) is 3. The van der Waals surface area contributed by atoms with Crippen molar-refractivity contribution in [2.24, 2.45) is 0 Å². The molecule has 7 heteroatoms. The molecule has 1 aliphatic heterocycles. The quantitative estimate of drug-likeness (QED) is 0.799. The maximum Gasteiger partial charge on any atom is 0.268 e. The Balaban J connectivity index is 2.20. The molecule has 0 aliphatic carbocycles. The first-order valence-corrected chi connectivity index (χ1v) is 8.00. The predicted octanol–water partition coefficient (Wildman–Crippen LogP) is 1.17. The van der Waals surface area contributed by atoms with Crippen LogP contribution in [0.15, 0.2) is 12.7 Å². The number of nitrogens with one attached hydrogen (secondary N) is 1. The number of thiazole rings is 1. The third-order valence-corrected chi connectivity index (χ3v) is 4.55. The van der Waals surface area contributed by atoms with E-state index in [1.165, 1.54) is 11.3 Å². The molecule has 1 saturated heterocycles. The van der Waals surface area contributed by atoms with Crippen molar-refractivity contribution >= 4 is 28.2 Å². The summed E-state index contributed by atoms with van der Waals surface area (Å²) >= 11 is 1.38. The van der Waals surface area contributed by atoms with Crippen LogP contribution < -0.4 is 16.0 Å². The molecule has 0 spiro atoms. The number of amides is 1. The number of hydrogen-bond acceptors (Lipinski definition) is 6. The van der Waals surface area contributed by atoms with E-state index in [-0.39, 0.29) is 11.9 Å². The van der Waals surface area contributed by atoms with Crippen molar-refractivity contribution in [3.63, 3.8) is 0 Å². The van der Waals surface area contributed by atoms with E-state index in [9.17, 15) is 4.79 Å². The summed E-state index contributed by atoms with van der Waals surface area (Å²) in [5.74, 6) is 0.259. The van der Waals surface area contributed by atoms with Gasteiger partial charge in [0.1, 0.15) is 10.7 Å². The summed E-state index contributed by atoms with van der Waals surface area (Å²) in [7, 11) is 0. The van der Waals surface area contributed by atoms with Crippen LogP contribution in [0.5, 0.6) is 0 Å². The van der Waals surface area contributed by atoms with Crippen molar-refractivity contribution in [3.05, 3.63) is 17.5 Å². The van der Waals surface area contributed by atoms with Crippen LogP contribution in [0.1, 0.15) is 23.5 Å². The van der Waals surface area contributed by atoms with Crippen molar-refractivity contribution in [2.75, 3.05) is 43.4 Å². The zero-order chi connectivity index (χ0) is 15.4. The number of aromatic nitrogens is 1. The molecule has 0 unspecified atom stereocenters. The van der Waals surface area contributed by atoms with E-state index in [0.29, 0.717) is 17.2 Å². The Bertz CT molecular complexity index is 507. The summed E-state index contributed by atoms with van der Waals surface area (Å²) < 4.78 is 0. The highest BCUT2D eigenvalue weighted by Gasteiger charge is 2.25. The van der Waals surface area contributed by atoms with Gasteiger partial charge in [-0.05, 0) is 13.8 Å². The molecule has 0 radical (unpaired) electrons. The van der Waals surface area contributed by atoms with E-state index in [1.54, 1.807) is 11.0 Å². The molecule has 1 aromatic heterocycles. The third kappa shape index (κ3) is 3.54. The third-order valence-electron chi connectivity index (χ3n) is 3.43. The monoisotopic (exact) mass is 309 g/mol. The lowest BCUT2D eigenvalue weighted by Crippen LogP contribution is -2.43. The van der Waals surface area contributed by atoms with Gasteiger partial charge in [-0.25, -0.2) is 4.98 Å². The van der Waals surface area contributed by atoms with E-state index in [1.807, 2.05) is 13.8 Å². The first-order chi connectivity index (χ1) is 10.0. The normalized spacial score (nSPS) is 15.3. The van der Waals surface area contributed by atoms with Gasteiger partial charge < -0.3 is 20.9 Å². The van der Waals surface area contributed by atoms with Gasteiger partial charge in [-0.1, -0.05) is 17.4 Å². The first kappa shape index (κ1) is 15.8. The fourth-order valence-electron chi connectivity index (χ4n) is 2.26. The molecule has 116 valence electrons. The minimum absolute atomic E-state index is 0.0683. The number of carbonyl (C=O) groups is 1. The van der Waals surface area contributed by atoms with E-state index in [2.05, 4.69) is 21.8 Å². The number of rotatable bonds is 5. The number of nitrogen functional groups attached to an aromatic ring is 1. The zero-order valence-corrected chi connectivity index (χ0v) is 13.4. The second-order valence-corrected chi connectivity index (χ2v) is 6.27. The molecule has 21 heavy (non-hydrogen) atoms. The molecule has 1 aromatic rings. The molecule has 2 heterocycles. The van der Waals surface area contributed by atoms with E-state index in [4.69, 9.17) is 5.73 Å². The Hall–Kier alpha value is -1.60. The average molecular weight is 309 g/mol. The van der Waals surface area contributed by atoms with Gasteiger partial charge in [0.25, 0.3) is 5.91 Å². The summed E-state index contributed by atoms with van der Waals surface area (Å²) in [6, 6.07) is 0.0969. The Morgan fingerprint density at radius 3 is 2.81 bits per heavy atom. The average Bonchev–Trinajstić information content (AvgIpc) is 2.87. The highest BCUT2D eigenvalue weighted by molar-refractivity contribution is 7.18. The summed E-state index contributed by atoms with van der Waals surface area (Å²) in [5.41, 5.74) is 5.97. The molecule has 6 nitrogen and oxygen atoms in total. The molecule has 2 rings (SSSR count). The molecular formula is C14H23N5OS. The van der Waals surface area contributed by atoms with Crippen LogP contribution in [0.2, 0.25) is 0 Å². The lowest BCUT2D eigenvalue weighted by atomic mass is 10.3. The van der Waals surface area contributed by atoms with E-state index < -0.39 is 0 Å². The number of hydrogen-bond donors (Lipinski definition) is 2. The molecule has 1 aliphatic rings. The van der Waals surface area contributed by atoms with Gasteiger partial charge in [-0.3, -0.25) is 4.79 Å². The number of piperazine rings is 1. The Kier molecular flexibility index (Phi) is 5.19. The van der Waals surface area contributed by atoms with Crippen LogP contribution in [0.4, 0.5) is 10.9 Å². The largest absolute Gasteiger partial charge is 0.382 e. The highest BCUT2D eigenvalue weighted by atomic mass is 32.1. The zero-order valence-electron chi connectivity index (χ0n) is 12.6. The van der Waals surface area contributed by atoms with E-state index >= 15 is 0 Å². The van der Waals surface area contributed by atoms with Crippen LogP contribution in [0.3, 0.4) is 0 Å². The molecule has 0 bridgehead atoms. The summed E-state index contributed by atoms with van der Waals surface area (Å²) in [4.78, 5) is 21.5. The molecule has 1 amide bonds. The second-order valence-electron chi connectivity index (χ2n) is 5.29. The van der Waals surface area contributed by atoms with Gasteiger partial charge in [0, 0.05) is 38.8 Å². The fraction of sp³-hybridized carbons (Fsp3) is 0.571. The second kappa shape index (κ2) is 6.91. The van der Waals surface area contributed by atoms with E-state index in [0.717, 1.165) is 31.3 Å². The lowest BCUT2D eigenvalue weighted by molar-refractivity contribution is 0.0734.